The number of hydrogen-bond donors (Lipinski definition) is 0. The SMILES string of the molecule is CC1(C)c2ccccc2-c2ccc(N(c3cc(-c4ccccc4)cc(-c4ccccc4)c3)c3ccc4c(c3)-c3c(-c5ccccc5)cccc3C4(C)C)cc21. The first kappa shape index (κ1) is 33.2. The monoisotopic (exact) mass is 705 g/mol. The zero-order valence-electron chi connectivity index (χ0n) is 31.8. The van der Waals surface area contributed by atoms with E-state index in [1.165, 1.54) is 77.9 Å². The van der Waals surface area contributed by atoms with Gasteiger partial charge in [-0.05, 0) is 120 Å². The molecule has 0 N–H and O–H groups in total. The Morgan fingerprint density at radius 3 is 1.45 bits per heavy atom. The van der Waals surface area contributed by atoms with Gasteiger partial charge in [0.25, 0.3) is 0 Å². The Morgan fingerprint density at radius 1 is 0.291 bits per heavy atom. The van der Waals surface area contributed by atoms with Gasteiger partial charge in [-0.15, -0.1) is 0 Å². The zero-order chi connectivity index (χ0) is 37.3. The molecule has 2 aliphatic rings. The van der Waals surface area contributed by atoms with Crippen molar-refractivity contribution in [2.75, 3.05) is 4.90 Å². The maximum Gasteiger partial charge on any atom is 0.0473 e. The van der Waals surface area contributed by atoms with Crippen molar-refractivity contribution in [3.05, 3.63) is 210 Å². The molecule has 0 bridgehead atoms. The number of rotatable bonds is 6. The van der Waals surface area contributed by atoms with E-state index >= 15 is 0 Å². The molecule has 8 aromatic rings. The minimum Gasteiger partial charge on any atom is -0.310 e. The van der Waals surface area contributed by atoms with Gasteiger partial charge >= 0.3 is 0 Å². The standard InChI is InChI=1S/C54H43N/c1-53(2)49-30-28-41(34-47(49)52-44(24-16-26-50(52)53)38-21-12-7-13-22-38)55(42-27-29-46-45-23-14-15-25-48(45)54(3,4)51(46)35-42)43-32-39(36-17-8-5-9-18-36)31-40(33-43)37-19-10-6-11-20-37/h5-35H,1-4H3. The van der Waals surface area contributed by atoms with E-state index in [-0.39, 0.29) is 10.8 Å². The Morgan fingerprint density at radius 2 is 0.782 bits per heavy atom. The van der Waals surface area contributed by atoms with Crippen LogP contribution in [0.5, 0.6) is 0 Å². The molecule has 2 aliphatic carbocycles. The number of benzene rings is 8. The van der Waals surface area contributed by atoms with E-state index in [1.807, 2.05) is 0 Å². The highest BCUT2D eigenvalue weighted by atomic mass is 15.1. The van der Waals surface area contributed by atoms with Crippen LogP contribution in [0.15, 0.2) is 188 Å². The van der Waals surface area contributed by atoms with Gasteiger partial charge in [-0.2, -0.15) is 0 Å². The van der Waals surface area contributed by atoms with Gasteiger partial charge < -0.3 is 4.90 Å². The van der Waals surface area contributed by atoms with Crippen LogP contribution in [0.25, 0.3) is 55.6 Å². The van der Waals surface area contributed by atoms with Crippen LogP contribution in [0.4, 0.5) is 17.1 Å². The van der Waals surface area contributed by atoms with E-state index < -0.39 is 0 Å². The van der Waals surface area contributed by atoms with Gasteiger partial charge in [-0.1, -0.05) is 173 Å². The predicted molar refractivity (Wildman–Crippen MR) is 233 cm³/mol. The minimum absolute atomic E-state index is 0.125. The molecule has 0 heterocycles. The molecular formula is C54H43N. The first-order valence-electron chi connectivity index (χ1n) is 19.4. The second-order valence-corrected chi connectivity index (χ2v) is 16.2. The number of nitrogens with zero attached hydrogens (tertiary/aromatic N) is 1. The topological polar surface area (TPSA) is 3.24 Å². The Hall–Kier alpha value is -6.44. The molecule has 0 fully saturated rings. The highest BCUT2D eigenvalue weighted by molar-refractivity contribution is 5.96. The lowest BCUT2D eigenvalue weighted by Crippen LogP contribution is -2.17. The van der Waals surface area contributed by atoms with Gasteiger partial charge in [0.15, 0.2) is 0 Å². The minimum atomic E-state index is -0.129. The Kier molecular flexibility index (Phi) is 7.58. The van der Waals surface area contributed by atoms with Crippen LogP contribution >= 0.6 is 0 Å². The summed E-state index contributed by atoms with van der Waals surface area (Å²) in [7, 11) is 0. The fraction of sp³-hybridized carbons (Fsp3) is 0.111. The van der Waals surface area contributed by atoms with E-state index in [0.29, 0.717) is 0 Å². The molecule has 0 amide bonds. The lowest BCUT2D eigenvalue weighted by molar-refractivity contribution is 0.660. The van der Waals surface area contributed by atoms with Crippen molar-refractivity contribution in [1.29, 1.82) is 0 Å². The molecule has 0 saturated heterocycles. The summed E-state index contributed by atoms with van der Waals surface area (Å²) in [5.41, 5.74) is 21.3. The summed E-state index contributed by atoms with van der Waals surface area (Å²) in [5.74, 6) is 0. The summed E-state index contributed by atoms with van der Waals surface area (Å²) in [6, 6.07) is 69.6. The van der Waals surface area contributed by atoms with E-state index in [1.54, 1.807) is 0 Å². The van der Waals surface area contributed by atoms with Crippen molar-refractivity contribution in [3.8, 4) is 55.6 Å². The second-order valence-electron chi connectivity index (χ2n) is 16.2. The smallest absolute Gasteiger partial charge is 0.0473 e. The lowest BCUT2D eigenvalue weighted by Gasteiger charge is -2.30. The van der Waals surface area contributed by atoms with Gasteiger partial charge in [-0.3, -0.25) is 0 Å². The van der Waals surface area contributed by atoms with Crippen molar-refractivity contribution in [2.24, 2.45) is 0 Å². The van der Waals surface area contributed by atoms with Gasteiger partial charge in [0, 0.05) is 27.9 Å². The summed E-state index contributed by atoms with van der Waals surface area (Å²) < 4.78 is 0. The fourth-order valence-electron chi connectivity index (χ4n) is 9.40. The van der Waals surface area contributed by atoms with Crippen molar-refractivity contribution >= 4 is 17.1 Å². The zero-order valence-corrected chi connectivity index (χ0v) is 31.8. The molecule has 0 unspecified atom stereocenters. The van der Waals surface area contributed by atoms with Gasteiger partial charge in [0.05, 0.1) is 0 Å². The lowest BCUT2D eigenvalue weighted by atomic mass is 9.82. The quantitative estimate of drug-likeness (QED) is 0.166. The average Bonchev–Trinajstić information content (AvgIpc) is 3.61. The molecule has 8 aromatic carbocycles. The Labute approximate surface area is 325 Å². The molecule has 1 heteroatoms. The van der Waals surface area contributed by atoms with Gasteiger partial charge in [0.1, 0.15) is 0 Å². The van der Waals surface area contributed by atoms with Crippen LogP contribution in [0.2, 0.25) is 0 Å². The molecule has 1 nitrogen and oxygen atoms in total. The van der Waals surface area contributed by atoms with Crippen LogP contribution in [0, 0.1) is 0 Å². The second kappa shape index (κ2) is 12.6. The third kappa shape index (κ3) is 5.29. The summed E-state index contributed by atoms with van der Waals surface area (Å²) in [5, 5.41) is 0. The number of fused-ring (bicyclic) bond motifs is 6. The Bertz CT molecular complexity index is 2680. The van der Waals surface area contributed by atoms with Crippen LogP contribution in [0.1, 0.15) is 49.9 Å². The van der Waals surface area contributed by atoms with E-state index in [4.69, 9.17) is 0 Å². The highest BCUT2D eigenvalue weighted by Crippen LogP contribution is 2.55. The fourth-order valence-corrected chi connectivity index (χ4v) is 9.40. The van der Waals surface area contributed by atoms with Crippen LogP contribution < -0.4 is 4.90 Å². The van der Waals surface area contributed by atoms with Crippen molar-refractivity contribution in [1.82, 2.24) is 0 Å². The van der Waals surface area contributed by atoms with Crippen LogP contribution in [-0.4, -0.2) is 0 Å². The highest BCUT2D eigenvalue weighted by Gasteiger charge is 2.38. The molecule has 10 rings (SSSR count). The normalized spacial score (nSPS) is 14.1. The summed E-state index contributed by atoms with van der Waals surface area (Å²) in [6.45, 7) is 9.49. The molecule has 264 valence electrons. The van der Waals surface area contributed by atoms with E-state index in [9.17, 15) is 0 Å². The molecular weight excluding hydrogens is 663 g/mol. The molecule has 0 radical (unpaired) electrons. The Balaban J connectivity index is 1.23. The summed E-state index contributed by atoms with van der Waals surface area (Å²) >= 11 is 0. The molecule has 0 atom stereocenters. The van der Waals surface area contributed by atoms with Crippen LogP contribution in [0.3, 0.4) is 0 Å². The third-order valence-corrected chi connectivity index (χ3v) is 12.2. The van der Waals surface area contributed by atoms with E-state index in [0.717, 1.165) is 17.1 Å². The largest absolute Gasteiger partial charge is 0.310 e. The first-order valence-corrected chi connectivity index (χ1v) is 19.4. The molecule has 0 aliphatic heterocycles. The third-order valence-electron chi connectivity index (χ3n) is 12.2. The van der Waals surface area contributed by atoms with Gasteiger partial charge in [-0.25, -0.2) is 0 Å². The molecule has 0 saturated carbocycles. The van der Waals surface area contributed by atoms with Crippen LogP contribution in [-0.2, 0) is 10.8 Å². The average molecular weight is 706 g/mol. The van der Waals surface area contributed by atoms with Crippen molar-refractivity contribution in [2.45, 2.75) is 38.5 Å². The molecule has 0 spiro atoms. The number of hydrogen-bond acceptors (Lipinski definition) is 1. The van der Waals surface area contributed by atoms with Crippen molar-refractivity contribution in [3.63, 3.8) is 0 Å². The maximum absolute atomic E-state index is 2.49. The maximum atomic E-state index is 2.49. The van der Waals surface area contributed by atoms with Gasteiger partial charge in [0.2, 0.25) is 0 Å². The number of anilines is 3. The van der Waals surface area contributed by atoms with Crippen molar-refractivity contribution < 1.29 is 0 Å². The first-order chi connectivity index (χ1) is 26.8. The van der Waals surface area contributed by atoms with E-state index in [2.05, 4.69) is 221 Å². The predicted octanol–water partition coefficient (Wildman–Crippen LogP) is 14.8. The summed E-state index contributed by atoms with van der Waals surface area (Å²) in [6.07, 6.45) is 0. The summed E-state index contributed by atoms with van der Waals surface area (Å²) in [4.78, 5) is 2.49. The molecule has 55 heavy (non-hydrogen) atoms. The molecule has 0 aromatic heterocycles.